The van der Waals surface area contributed by atoms with E-state index in [1.54, 1.807) is 0 Å². The topological polar surface area (TPSA) is 53.0 Å². The molecule has 1 aliphatic heterocycles. The molecule has 0 aliphatic carbocycles. The largest absolute Gasteiger partial charge is 0.374 e. The van der Waals surface area contributed by atoms with E-state index in [0.717, 1.165) is 44.5 Å². The van der Waals surface area contributed by atoms with E-state index < -0.39 is 0 Å². The lowest BCUT2D eigenvalue weighted by Gasteiger charge is -2.37. The first-order valence-corrected chi connectivity index (χ1v) is 10.5. The minimum atomic E-state index is 0. The van der Waals surface area contributed by atoms with Crippen molar-refractivity contribution in [2.24, 2.45) is 4.99 Å². The molecule has 0 unspecified atom stereocenters. The highest BCUT2D eigenvalue weighted by Crippen LogP contribution is 2.13. The van der Waals surface area contributed by atoms with Crippen molar-refractivity contribution in [3.05, 3.63) is 59.8 Å². The minimum absolute atomic E-state index is 0. The number of hydrogen-bond acceptors (Lipinski definition) is 4. The van der Waals surface area contributed by atoms with Crippen LogP contribution in [-0.4, -0.2) is 54.7 Å². The fourth-order valence-corrected chi connectivity index (χ4v) is 3.36. The maximum Gasteiger partial charge on any atom is 0.194 e. The summed E-state index contributed by atoms with van der Waals surface area (Å²) in [6.07, 6.45) is 2.09. The van der Waals surface area contributed by atoms with Gasteiger partial charge in [-0.15, -0.1) is 24.0 Å². The second-order valence-electron chi connectivity index (χ2n) is 7.51. The second kappa shape index (κ2) is 12.7. The Labute approximate surface area is 197 Å². The van der Waals surface area contributed by atoms with Gasteiger partial charge in [-0.3, -0.25) is 0 Å². The van der Waals surface area contributed by atoms with Gasteiger partial charge in [-0.25, -0.2) is 9.98 Å². The Hall–Kier alpha value is -1.87. The lowest BCUT2D eigenvalue weighted by Crippen LogP contribution is -2.52. The van der Waals surface area contributed by atoms with Crippen LogP contribution in [0, 0.1) is 0 Å². The highest BCUT2D eigenvalue weighted by molar-refractivity contribution is 14.0. The number of aliphatic imine (C=N–C) groups is 1. The van der Waals surface area contributed by atoms with Crippen LogP contribution in [0.4, 0.5) is 5.82 Å². The zero-order chi connectivity index (χ0) is 20.5. The Morgan fingerprint density at radius 3 is 2.53 bits per heavy atom. The molecule has 30 heavy (non-hydrogen) atoms. The Balaban J connectivity index is 0.00000320. The maximum absolute atomic E-state index is 5.72. The van der Waals surface area contributed by atoms with Crippen LogP contribution in [0.3, 0.4) is 0 Å². The first-order valence-electron chi connectivity index (χ1n) is 10.5. The number of halogens is 1. The van der Waals surface area contributed by atoms with Crippen LogP contribution < -0.4 is 10.2 Å². The first-order chi connectivity index (χ1) is 14.2. The van der Waals surface area contributed by atoms with Crippen molar-refractivity contribution in [2.45, 2.75) is 40.0 Å². The summed E-state index contributed by atoms with van der Waals surface area (Å²) in [5, 5.41) is 3.45. The molecule has 0 amide bonds. The number of rotatable bonds is 7. The smallest absolute Gasteiger partial charge is 0.194 e. The predicted octanol–water partition coefficient (Wildman–Crippen LogP) is 3.91. The highest BCUT2D eigenvalue weighted by atomic mass is 127. The van der Waals surface area contributed by atoms with Gasteiger partial charge in [0, 0.05) is 38.9 Å². The fourth-order valence-electron chi connectivity index (χ4n) is 3.36. The summed E-state index contributed by atoms with van der Waals surface area (Å²) < 4.78 is 5.72. The summed E-state index contributed by atoms with van der Waals surface area (Å²) >= 11 is 0. The third-order valence-corrected chi connectivity index (χ3v) is 4.87. The summed E-state index contributed by atoms with van der Waals surface area (Å²) in [6, 6.07) is 14.6. The van der Waals surface area contributed by atoms with Gasteiger partial charge in [-0.2, -0.15) is 0 Å². The molecule has 1 aromatic heterocycles. The van der Waals surface area contributed by atoms with E-state index in [-0.39, 0.29) is 30.1 Å². The van der Waals surface area contributed by atoms with Gasteiger partial charge in [-0.05, 0) is 44.0 Å². The lowest BCUT2D eigenvalue weighted by atomic mass is 10.1. The molecular weight excluding hydrogens is 489 g/mol. The van der Waals surface area contributed by atoms with Gasteiger partial charge in [0.15, 0.2) is 5.96 Å². The van der Waals surface area contributed by atoms with E-state index >= 15 is 0 Å². The molecule has 6 nitrogen and oxygen atoms in total. The van der Waals surface area contributed by atoms with Gasteiger partial charge < -0.3 is 19.9 Å². The van der Waals surface area contributed by atoms with Crippen LogP contribution in [0.1, 0.15) is 31.9 Å². The number of pyridine rings is 1. The third kappa shape index (κ3) is 7.43. The average Bonchev–Trinajstić information content (AvgIpc) is 2.76. The number of nitrogens with zero attached hydrogens (tertiary/aromatic N) is 4. The van der Waals surface area contributed by atoms with E-state index in [1.165, 1.54) is 11.1 Å². The van der Waals surface area contributed by atoms with E-state index in [0.29, 0.717) is 13.2 Å². The Morgan fingerprint density at radius 1 is 1.10 bits per heavy atom. The quantitative estimate of drug-likeness (QED) is 0.339. The number of aromatic nitrogens is 1. The van der Waals surface area contributed by atoms with Gasteiger partial charge in [0.2, 0.25) is 0 Å². The van der Waals surface area contributed by atoms with E-state index in [2.05, 4.69) is 71.2 Å². The number of hydrogen-bond donors (Lipinski definition) is 1. The van der Waals surface area contributed by atoms with Gasteiger partial charge in [0.1, 0.15) is 5.82 Å². The molecule has 1 aliphatic rings. The fraction of sp³-hybridized carbons (Fsp3) is 0.478. The second-order valence-corrected chi connectivity index (χ2v) is 7.51. The predicted molar refractivity (Wildman–Crippen MR) is 135 cm³/mol. The van der Waals surface area contributed by atoms with E-state index in [1.807, 2.05) is 18.3 Å². The van der Waals surface area contributed by atoms with E-state index in [4.69, 9.17) is 9.73 Å². The van der Waals surface area contributed by atoms with Crippen molar-refractivity contribution < 1.29 is 4.74 Å². The number of guanidine groups is 1. The average molecular weight is 523 g/mol. The molecule has 1 fully saturated rings. The normalized spacial score (nSPS) is 14.6. The molecule has 164 valence electrons. The van der Waals surface area contributed by atoms with Crippen molar-refractivity contribution in [2.75, 3.05) is 37.6 Å². The SMILES string of the molecule is CCNC(=NCc1cccc(COC(C)C)c1)N1CCN(c2ccccn2)CC1.I. The first kappa shape index (κ1) is 24.4. The van der Waals surface area contributed by atoms with Crippen molar-refractivity contribution in [3.63, 3.8) is 0 Å². The molecule has 7 heteroatoms. The van der Waals surface area contributed by atoms with Gasteiger partial charge >= 0.3 is 0 Å². The summed E-state index contributed by atoms with van der Waals surface area (Å²) in [4.78, 5) is 14.0. The van der Waals surface area contributed by atoms with Crippen molar-refractivity contribution in [1.82, 2.24) is 15.2 Å². The highest BCUT2D eigenvalue weighted by Gasteiger charge is 2.20. The van der Waals surface area contributed by atoms with Gasteiger partial charge in [0.05, 0.1) is 19.3 Å². The van der Waals surface area contributed by atoms with Crippen molar-refractivity contribution in [1.29, 1.82) is 0 Å². The molecule has 0 spiro atoms. The number of benzene rings is 1. The Morgan fingerprint density at radius 2 is 1.87 bits per heavy atom. The van der Waals surface area contributed by atoms with Crippen LogP contribution in [-0.2, 0) is 17.9 Å². The maximum atomic E-state index is 5.72. The van der Waals surface area contributed by atoms with Crippen LogP contribution >= 0.6 is 24.0 Å². The lowest BCUT2D eigenvalue weighted by molar-refractivity contribution is 0.0657. The Kier molecular flexibility index (Phi) is 10.4. The molecule has 1 aromatic carbocycles. The molecule has 2 heterocycles. The summed E-state index contributed by atoms with van der Waals surface area (Å²) in [6.45, 7) is 12.2. The zero-order valence-electron chi connectivity index (χ0n) is 18.3. The van der Waals surface area contributed by atoms with Crippen molar-refractivity contribution >= 4 is 35.8 Å². The molecule has 0 radical (unpaired) electrons. The molecule has 0 bridgehead atoms. The van der Waals surface area contributed by atoms with E-state index in [9.17, 15) is 0 Å². The number of piperazine rings is 1. The number of anilines is 1. The molecule has 1 saturated heterocycles. The summed E-state index contributed by atoms with van der Waals surface area (Å²) in [5.41, 5.74) is 2.40. The number of ether oxygens (including phenoxy) is 1. The summed E-state index contributed by atoms with van der Waals surface area (Å²) in [5.74, 6) is 2.03. The van der Waals surface area contributed by atoms with Crippen LogP contribution in [0.15, 0.2) is 53.7 Å². The molecule has 0 atom stereocenters. The summed E-state index contributed by atoms with van der Waals surface area (Å²) in [7, 11) is 0. The number of nitrogens with one attached hydrogen (secondary N) is 1. The molecular formula is C23H34IN5O. The molecule has 3 rings (SSSR count). The molecule has 2 aromatic rings. The standard InChI is InChI=1S/C23H33N5O.HI/c1-4-24-23(26-17-20-8-7-9-21(16-20)18-29-19(2)3)28-14-12-27(13-15-28)22-10-5-6-11-25-22;/h5-11,16,19H,4,12-15,17-18H2,1-3H3,(H,24,26);1H. The monoisotopic (exact) mass is 523 g/mol. The van der Waals surface area contributed by atoms with Gasteiger partial charge in [0.25, 0.3) is 0 Å². The van der Waals surface area contributed by atoms with Gasteiger partial charge in [-0.1, -0.05) is 30.3 Å². The third-order valence-electron chi connectivity index (χ3n) is 4.87. The van der Waals surface area contributed by atoms with Crippen LogP contribution in [0.2, 0.25) is 0 Å². The zero-order valence-corrected chi connectivity index (χ0v) is 20.6. The minimum Gasteiger partial charge on any atom is -0.374 e. The van der Waals surface area contributed by atoms with Crippen molar-refractivity contribution in [3.8, 4) is 0 Å². The van der Waals surface area contributed by atoms with Crippen LogP contribution in [0.5, 0.6) is 0 Å². The Bertz CT molecular complexity index is 776. The molecule has 1 N–H and O–H groups in total. The molecule has 0 saturated carbocycles. The van der Waals surface area contributed by atoms with Crippen LogP contribution in [0.25, 0.3) is 0 Å².